The quantitative estimate of drug-likeness (QED) is 0.891. The van der Waals surface area contributed by atoms with E-state index in [1.807, 2.05) is 30.3 Å². The van der Waals surface area contributed by atoms with Crippen molar-refractivity contribution in [2.24, 2.45) is 0 Å². The number of nitrogens with zero attached hydrogens (tertiary/aromatic N) is 4. The molecule has 1 N–H and O–H groups in total. The molecule has 1 aromatic carbocycles. The van der Waals surface area contributed by atoms with Gasteiger partial charge in [-0.05, 0) is 19.2 Å². The third kappa shape index (κ3) is 4.42. The Labute approximate surface area is 141 Å². The maximum absolute atomic E-state index is 12.0. The van der Waals surface area contributed by atoms with Crippen molar-refractivity contribution in [3.63, 3.8) is 0 Å². The zero-order chi connectivity index (χ0) is 16.8. The van der Waals surface area contributed by atoms with Crippen LogP contribution in [-0.4, -0.2) is 60.6 Å². The largest absolute Gasteiger partial charge is 0.484 e. The minimum atomic E-state index is -0.248. The molecular weight excluding hydrogens is 306 g/mol. The fourth-order valence-electron chi connectivity index (χ4n) is 2.47. The topological polar surface area (TPSA) is 70.6 Å². The molecule has 7 nitrogen and oxygen atoms in total. The summed E-state index contributed by atoms with van der Waals surface area (Å²) >= 11 is 0. The molecule has 7 heteroatoms. The van der Waals surface area contributed by atoms with Crippen LogP contribution in [0.5, 0.6) is 5.75 Å². The van der Waals surface area contributed by atoms with E-state index >= 15 is 0 Å². The highest BCUT2D eigenvalue weighted by atomic mass is 16.5. The standard InChI is InChI=1S/C17H21N5O2/c1-21-7-9-22(10-8-21)16-11-15(18-13-19-16)20-17(23)12-24-14-5-3-2-4-6-14/h2-6,11,13H,7-10,12H2,1H3,(H,18,19,20,23). The van der Waals surface area contributed by atoms with Crippen LogP contribution in [0.1, 0.15) is 0 Å². The fraction of sp³-hybridized carbons (Fsp3) is 0.353. The van der Waals surface area contributed by atoms with Crippen LogP contribution in [0.3, 0.4) is 0 Å². The van der Waals surface area contributed by atoms with Crippen molar-refractivity contribution in [1.82, 2.24) is 14.9 Å². The summed E-state index contributed by atoms with van der Waals surface area (Å²) in [6.07, 6.45) is 1.47. The third-order valence-electron chi connectivity index (χ3n) is 3.86. The van der Waals surface area contributed by atoms with Gasteiger partial charge in [0, 0.05) is 32.2 Å². The van der Waals surface area contributed by atoms with E-state index in [-0.39, 0.29) is 12.5 Å². The predicted molar refractivity (Wildman–Crippen MR) is 92.3 cm³/mol. The van der Waals surface area contributed by atoms with Crippen molar-refractivity contribution in [1.29, 1.82) is 0 Å². The number of benzene rings is 1. The van der Waals surface area contributed by atoms with E-state index in [4.69, 9.17) is 4.74 Å². The van der Waals surface area contributed by atoms with E-state index in [1.165, 1.54) is 6.33 Å². The van der Waals surface area contributed by atoms with Crippen molar-refractivity contribution in [3.8, 4) is 5.75 Å². The van der Waals surface area contributed by atoms with Crippen molar-refractivity contribution in [2.75, 3.05) is 50.1 Å². The highest BCUT2D eigenvalue weighted by Gasteiger charge is 2.16. The van der Waals surface area contributed by atoms with Crippen LogP contribution in [0.25, 0.3) is 0 Å². The number of ether oxygens (including phenoxy) is 1. The zero-order valence-corrected chi connectivity index (χ0v) is 13.7. The summed E-state index contributed by atoms with van der Waals surface area (Å²) in [5, 5.41) is 2.75. The van der Waals surface area contributed by atoms with Crippen LogP contribution < -0.4 is 15.0 Å². The average molecular weight is 327 g/mol. The van der Waals surface area contributed by atoms with E-state index in [1.54, 1.807) is 6.07 Å². The number of para-hydroxylation sites is 1. The first-order valence-corrected chi connectivity index (χ1v) is 7.94. The van der Waals surface area contributed by atoms with Crippen LogP contribution in [0.4, 0.5) is 11.6 Å². The van der Waals surface area contributed by atoms with Crippen molar-refractivity contribution < 1.29 is 9.53 Å². The Morgan fingerprint density at radius 3 is 2.67 bits per heavy atom. The second kappa shape index (κ2) is 7.74. The molecule has 1 amide bonds. The number of aromatic nitrogens is 2. The van der Waals surface area contributed by atoms with E-state index in [2.05, 4.69) is 32.1 Å². The lowest BCUT2D eigenvalue weighted by Crippen LogP contribution is -2.44. The Balaban J connectivity index is 1.55. The average Bonchev–Trinajstić information content (AvgIpc) is 2.62. The van der Waals surface area contributed by atoms with Crippen molar-refractivity contribution >= 4 is 17.5 Å². The Bertz CT molecular complexity index is 672. The molecule has 1 aliphatic rings. The van der Waals surface area contributed by atoms with Gasteiger partial charge in [-0.3, -0.25) is 4.79 Å². The second-order valence-corrected chi connectivity index (χ2v) is 5.70. The summed E-state index contributed by atoms with van der Waals surface area (Å²) in [6.45, 7) is 3.76. The number of anilines is 2. The van der Waals surface area contributed by atoms with Gasteiger partial charge in [0.05, 0.1) is 0 Å². The number of carbonyl (C=O) groups is 1. The SMILES string of the molecule is CN1CCN(c2cc(NC(=O)COc3ccccc3)ncn2)CC1. The summed E-state index contributed by atoms with van der Waals surface area (Å²) in [5.41, 5.74) is 0. The molecular formula is C17H21N5O2. The van der Waals surface area contributed by atoms with Gasteiger partial charge in [-0.25, -0.2) is 9.97 Å². The molecule has 1 aromatic heterocycles. The van der Waals surface area contributed by atoms with Crippen LogP contribution in [0, 0.1) is 0 Å². The van der Waals surface area contributed by atoms with E-state index in [9.17, 15) is 4.79 Å². The molecule has 2 aromatic rings. The monoisotopic (exact) mass is 327 g/mol. The first-order chi connectivity index (χ1) is 11.7. The molecule has 0 bridgehead atoms. The summed E-state index contributed by atoms with van der Waals surface area (Å²) < 4.78 is 5.43. The number of amides is 1. The van der Waals surface area contributed by atoms with Gasteiger partial charge < -0.3 is 19.9 Å². The molecule has 1 aliphatic heterocycles. The fourth-order valence-corrected chi connectivity index (χ4v) is 2.47. The van der Waals surface area contributed by atoms with Crippen LogP contribution in [0.15, 0.2) is 42.7 Å². The number of carbonyl (C=O) groups excluding carboxylic acids is 1. The molecule has 0 aliphatic carbocycles. The lowest BCUT2D eigenvalue weighted by molar-refractivity contribution is -0.118. The van der Waals surface area contributed by atoms with E-state index < -0.39 is 0 Å². The van der Waals surface area contributed by atoms with E-state index in [0.717, 1.165) is 32.0 Å². The van der Waals surface area contributed by atoms with Gasteiger partial charge in [0.25, 0.3) is 5.91 Å². The second-order valence-electron chi connectivity index (χ2n) is 5.70. The first-order valence-electron chi connectivity index (χ1n) is 7.94. The smallest absolute Gasteiger partial charge is 0.263 e. The van der Waals surface area contributed by atoms with Gasteiger partial charge in [0.1, 0.15) is 23.7 Å². The highest BCUT2D eigenvalue weighted by molar-refractivity contribution is 5.91. The number of hydrogen-bond donors (Lipinski definition) is 1. The van der Waals surface area contributed by atoms with Gasteiger partial charge in [-0.2, -0.15) is 0 Å². The molecule has 126 valence electrons. The number of hydrogen-bond acceptors (Lipinski definition) is 6. The maximum atomic E-state index is 12.0. The van der Waals surface area contributed by atoms with Gasteiger partial charge in [-0.15, -0.1) is 0 Å². The molecule has 1 saturated heterocycles. The first kappa shape index (κ1) is 16.2. The Kier molecular flexibility index (Phi) is 5.22. The Morgan fingerprint density at radius 1 is 1.17 bits per heavy atom. The Morgan fingerprint density at radius 2 is 1.92 bits per heavy atom. The predicted octanol–water partition coefficient (Wildman–Crippen LogP) is 1.25. The Hall–Kier alpha value is -2.67. The minimum Gasteiger partial charge on any atom is -0.484 e. The van der Waals surface area contributed by atoms with Gasteiger partial charge >= 0.3 is 0 Å². The van der Waals surface area contributed by atoms with Crippen LogP contribution >= 0.6 is 0 Å². The van der Waals surface area contributed by atoms with Crippen LogP contribution in [0.2, 0.25) is 0 Å². The van der Waals surface area contributed by atoms with E-state index in [0.29, 0.717) is 11.6 Å². The molecule has 0 atom stereocenters. The molecule has 3 rings (SSSR count). The molecule has 0 saturated carbocycles. The number of likely N-dealkylation sites (N-methyl/N-ethyl adjacent to an activating group) is 1. The maximum Gasteiger partial charge on any atom is 0.263 e. The summed E-state index contributed by atoms with van der Waals surface area (Å²) in [5.74, 6) is 1.73. The molecule has 2 heterocycles. The van der Waals surface area contributed by atoms with Crippen LogP contribution in [-0.2, 0) is 4.79 Å². The zero-order valence-electron chi connectivity index (χ0n) is 13.7. The lowest BCUT2D eigenvalue weighted by Gasteiger charge is -2.33. The number of nitrogens with one attached hydrogen (secondary N) is 1. The summed E-state index contributed by atoms with van der Waals surface area (Å²) in [4.78, 5) is 24.9. The lowest BCUT2D eigenvalue weighted by atomic mass is 10.3. The summed E-state index contributed by atoms with van der Waals surface area (Å²) in [6, 6.07) is 11.0. The normalized spacial score (nSPS) is 15.1. The van der Waals surface area contributed by atoms with Gasteiger partial charge in [0.15, 0.2) is 6.61 Å². The minimum absolute atomic E-state index is 0.0577. The molecule has 0 spiro atoms. The van der Waals surface area contributed by atoms with Gasteiger partial charge in [0.2, 0.25) is 0 Å². The molecule has 24 heavy (non-hydrogen) atoms. The van der Waals surface area contributed by atoms with Gasteiger partial charge in [-0.1, -0.05) is 18.2 Å². The van der Waals surface area contributed by atoms with Crippen molar-refractivity contribution in [2.45, 2.75) is 0 Å². The third-order valence-corrected chi connectivity index (χ3v) is 3.86. The molecule has 1 fully saturated rings. The summed E-state index contributed by atoms with van der Waals surface area (Å²) in [7, 11) is 2.11. The number of piperazine rings is 1. The molecule has 0 radical (unpaired) electrons. The molecule has 0 unspecified atom stereocenters. The highest BCUT2D eigenvalue weighted by Crippen LogP contribution is 2.16. The van der Waals surface area contributed by atoms with Crippen molar-refractivity contribution in [3.05, 3.63) is 42.7 Å². The number of rotatable bonds is 5.